The van der Waals surface area contributed by atoms with E-state index in [1.54, 1.807) is 43.5 Å². The Morgan fingerprint density at radius 1 is 1.37 bits per heavy atom. The number of benzene rings is 1. The third-order valence-electron chi connectivity index (χ3n) is 2.85. The lowest BCUT2D eigenvalue weighted by molar-refractivity contribution is 0.102. The Labute approximate surface area is 111 Å². The third-order valence-corrected chi connectivity index (χ3v) is 2.85. The van der Waals surface area contributed by atoms with Gasteiger partial charge in [-0.05, 0) is 30.7 Å². The first-order valence-corrected chi connectivity index (χ1v) is 5.86. The van der Waals surface area contributed by atoms with Gasteiger partial charge in [0.15, 0.2) is 0 Å². The average molecular weight is 257 g/mol. The Bertz CT molecular complexity index is 594. The molecule has 1 aromatic heterocycles. The minimum absolute atomic E-state index is 0.0964. The van der Waals surface area contributed by atoms with Gasteiger partial charge >= 0.3 is 0 Å². The molecule has 19 heavy (non-hydrogen) atoms. The summed E-state index contributed by atoms with van der Waals surface area (Å²) >= 11 is 0. The second-order valence-electron chi connectivity index (χ2n) is 4.16. The van der Waals surface area contributed by atoms with E-state index >= 15 is 0 Å². The van der Waals surface area contributed by atoms with Crippen LogP contribution in [0.5, 0.6) is 5.75 Å². The fraction of sp³-hybridized carbons (Fsp3) is 0.143. The van der Waals surface area contributed by atoms with Crippen molar-refractivity contribution in [2.45, 2.75) is 13.5 Å². The maximum atomic E-state index is 12.1. The number of nitrogens with one attached hydrogen (secondary N) is 1. The molecule has 0 radical (unpaired) electrons. The zero-order valence-corrected chi connectivity index (χ0v) is 10.6. The van der Waals surface area contributed by atoms with Crippen molar-refractivity contribution in [3.63, 3.8) is 0 Å². The van der Waals surface area contributed by atoms with Crippen LogP contribution in [0.4, 0.5) is 5.82 Å². The van der Waals surface area contributed by atoms with Crippen LogP contribution in [-0.4, -0.2) is 16.0 Å². The van der Waals surface area contributed by atoms with Crippen LogP contribution < -0.4 is 11.1 Å². The van der Waals surface area contributed by atoms with E-state index < -0.39 is 0 Å². The number of carbonyl (C=O) groups is 1. The molecule has 2 rings (SSSR count). The Morgan fingerprint density at radius 2 is 2.16 bits per heavy atom. The molecule has 0 bridgehead atoms. The molecule has 4 N–H and O–H groups in total. The van der Waals surface area contributed by atoms with E-state index in [1.807, 2.05) is 0 Å². The van der Waals surface area contributed by atoms with Crippen LogP contribution in [0, 0.1) is 6.92 Å². The van der Waals surface area contributed by atoms with Crippen molar-refractivity contribution >= 4 is 11.7 Å². The number of amides is 1. The van der Waals surface area contributed by atoms with Crippen LogP contribution in [0.25, 0.3) is 0 Å². The zero-order valence-electron chi connectivity index (χ0n) is 10.6. The van der Waals surface area contributed by atoms with Gasteiger partial charge in [0.1, 0.15) is 11.6 Å². The fourth-order valence-corrected chi connectivity index (χ4v) is 1.67. The maximum Gasteiger partial charge on any atom is 0.257 e. The maximum absolute atomic E-state index is 12.1. The molecule has 5 heteroatoms. The third kappa shape index (κ3) is 2.89. The smallest absolute Gasteiger partial charge is 0.257 e. The van der Waals surface area contributed by atoms with Crippen LogP contribution in [-0.2, 0) is 6.54 Å². The lowest BCUT2D eigenvalue weighted by Crippen LogP contribution is -2.14. The Morgan fingerprint density at radius 3 is 2.79 bits per heavy atom. The molecule has 0 atom stereocenters. The second kappa shape index (κ2) is 5.49. The van der Waals surface area contributed by atoms with Crippen LogP contribution in [0.15, 0.2) is 36.5 Å². The molecule has 0 aliphatic heterocycles. The summed E-state index contributed by atoms with van der Waals surface area (Å²) in [5.74, 6) is 0.241. The summed E-state index contributed by atoms with van der Waals surface area (Å²) in [7, 11) is 0. The highest BCUT2D eigenvalue weighted by molar-refractivity contribution is 6.05. The molecule has 2 aromatic rings. The molecule has 0 saturated carbocycles. The van der Waals surface area contributed by atoms with Gasteiger partial charge in [-0.2, -0.15) is 0 Å². The summed E-state index contributed by atoms with van der Waals surface area (Å²) in [6, 6.07) is 8.32. The molecule has 0 saturated heterocycles. The van der Waals surface area contributed by atoms with Gasteiger partial charge in [-0.1, -0.05) is 12.1 Å². The largest absolute Gasteiger partial charge is 0.508 e. The van der Waals surface area contributed by atoms with Gasteiger partial charge in [-0.3, -0.25) is 4.79 Å². The van der Waals surface area contributed by atoms with Crippen LogP contribution in [0.3, 0.4) is 0 Å². The predicted molar refractivity (Wildman–Crippen MR) is 72.9 cm³/mol. The van der Waals surface area contributed by atoms with Crippen LogP contribution in [0.2, 0.25) is 0 Å². The minimum Gasteiger partial charge on any atom is -0.508 e. The molecule has 1 amide bonds. The van der Waals surface area contributed by atoms with Crippen molar-refractivity contribution in [2.24, 2.45) is 5.73 Å². The molecule has 1 aromatic carbocycles. The topological polar surface area (TPSA) is 88.2 Å². The Balaban J connectivity index is 2.18. The Hall–Kier alpha value is -2.40. The number of nitrogens with two attached hydrogens (primary N) is 1. The van der Waals surface area contributed by atoms with Crippen molar-refractivity contribution < 1.29 is 9.90 Å². The van der Waals surface area contributed by atoms with E-state index in [0.717, 1.165) is 5.56 Å². The molecule has 98 valence electrons. The van der Waals surface area contributed by atoms with E-state index in [1.165, 1.54) is 0 Å². The number of carbonyl (C=O) groups excluding carboxylic acids is 1. The van der Waals surface area contributed by atoms with Gasteiger partial charge in [0, 0.05) is 23.9 Å². The summed E-state index contributed by atoms with van der Waals surface area (Å²) in [6.45, 7) is 2.10. The summed E-state index contributed by atoms with van der Waals surface area (Å²) < 4.78 is 0. The summed E-state index contributed by atoms with van der Waals surface area (Å²) in [5, 5.41) is 12.2. The van der Waals surface area contributed by atoms with Gasteiger partial charge in [-0.15, -0.1) is 0 Å². The lowest BCUT2D eigenvalue weighted by Gasteiger charge is -2.08. The molecule has 5 nitrogen and oxygen atoms in total. The first-order valence-electron chi connectivity index (χ1n) is 5.86. The highest BCUT2D eigenvalue weighted by Crippen LogP contribution is 2.20. The van der Waals surface area contributed by atoms with Gasteiger partial charge in [0.05, 0.1) is 0 Å². The van der Waals surface area contributed by atoms with Crippen LogP contribution in [0.1, 0.15) is 21.5 Å². The van der Waals surface area contributed by atoms with E-state index in [0.29, 0.717) is 23.5 Å². The second-order valence-corrected chi connectivity index (χ2v) is 4.16. The van der Waals surface area contributed by atoms with Crippen molar-refractivity contribution in [3.05, 3.63) is 53.2 Å². The molecule has 0 spiro atoms. The van der Waals surface area contributed by atoms with E-state index in [4.69, 9.17) is 5.73 Å². The predicted octanol–water partition coefficient (Wildman–Crippen LogP) is 1.81. The molecule has 0 aliphatic rings. The highest BCUT2D eigenvalue weighted by atomic mass is 16.3. The molecule has 0 fully saturated rings. The summed E-state index contributed by atoms with van der Waals surface area (Å²) in [5.41, 5.74) is 7.33. The molecular formula is C14H15N3O2. The van der Waals surface area contributed by atoms with Crippen LogP contribution >= 0.6 is 0 Å². The van der Waals surface area contributed by atoms with Crippen molar-refractivity contribution in [1.82, 2.24) is 4.98 Å². The number of phenols is 1. The SMILES string of the molecule is Cc1c(O)cccc1C(=O)Nc1ccc(CN)cn1. The average Bonchev–Trinajstić information content (AvgIpc) is 2.42. The monoisotopic (exact) mass is 257 g/mol. The molecule has 0 aliphatic carbocycles. The number of rotatable bonds is 3. The van der Waals surface area contributed by atoms with Crippen molar-refractivity contribution in [1.29, 1.82) is 0 Å². The normalized spacial score (nSPS) is 10.2. The standard InChI is InChI=1S/C14H15N3O2/c1-9-11(3-2-4-12(9)18)14(19)17-13-6-5-10(7-15)8-16-13/h2-6,8,18H,7,15H2,1H3,(H,16,17,19). The molecule has 0 unspecified atom stereocenters. The zero-order chi connectivity index (χ0) is 13.8. The van der Waals surface area contributed by atoms with Gasteiger partial charge in [-0.25, -0.2) is 4.98 Å². The first-order chi connectivity index (χ1) is 9.11. The summed E-state index contributed by atoms with van der Waals surface area (Å²) in [4.78, 5) is 16.1. The number of aromatic nitrogens is 1. The Kier molecular flexibility index (Phi) is 3.77. The molecule has 1 heterocycles. The van der Waals surface area contributed by atoms with E-state index in [2.05, 4.69) is 10.3 Å². The van der Waals surface area contributed by atoms with Crippen molar-refractivity contribution in [2.75, 3.05) is 5.32 Å². The summed E-state index contributed by atoms with van der Waals surface area (Å²) in [6.07, 6.45) is 1.62. The highest BCUT2D eigenvalue weighted by Gasteiger charge is 2.11. The number of pyridine rings is 1. The number of phenolic OH excluding ortho intramolecular Hbond substituents is 1. The van der Waals surface area contributed by atoms with Gasteiger partial charge in [0.2, 0.25) is 0 Å². The lowest BCUT2D eigenvalue weighted by atomic mass is 10.1. The first kappa shape index (κ1) is 13.0. The van der Waals surface area contributed by atoms with Gasteiger partial charge < -0.3 is 16.2 Å². The molecular weight excluding hydrogens is 242 g/mol. The quantitative estimate of drug-likeness (QED) is 0.782. The number of aromatic hydroxyl groups is 1. The van der Waals surface area contributed by atoms with Gasteiger partial charge in [0.25, 0.3) is 5.91 Å². The van der Waals surface area contributed by atoms with E-state index in [-0.39, 0.29) is 11.7 Å². The van der Waals surface area contributed by atoms with Crippen molar-refractivity contribution in [3.8, 4) is 5.75 Å². The van der Waals surface area contributed by atoms with E-state index in [9.17, 15) is 9.90 Å². The fourth-order valence-electron chi connectivity index (χ4n) is 1.67. The number of hydrogen-bond acceptors (Lipinski definition) is 4. The number of nitrogens with zero attached hydrogens (tertiary/aromatic N) is 1. The number of anilines is 1. The minimum atomic E-state index is -0.304. The number of hydrogen-bond donors (Lipinski definition) is 3.